The van der Waals surface area contributed by atoms with E-state index in [9.17, 15) is 18.0 Å². The lowest BCUT2D eigenvalue weighted by Gasteiger charge is -2.34. The maximum atomic E-state index is 12.7. The average molecular weight is 459 g/mol. The van der Waals surface area contributed by atoms with E-state index in [1.165, 1.54) is 5.56 Å². The number of ether oxygens (including phenoxy) is 1. The van der Waals surface area contributed by atoms with Gasteiger partial charge in [-0.05, 0) is 26.3 Å². The molecule has 0 unspecified atom stereocenters. The number of carboxylic acids is 1. The van der Waals surface area contributed by atoms with Gasteiger partial charge in [-0.2, -0.15) is 13.2 Å². The summed E-state index contributed by atoms with van der Waals surface area (Å²) in [5, 5.41) is 7.12. The molecule has 0 bridgehead atoms. The average Bonchev–Trinajstić information content (AvgIpc) is 3.20. The fourth-order valence-corrected chi connectivity index (χ4v) is 4.00. The topological polar surface area (TPSA) is 99.1 Å². The third kappa shape index (κ3) is 6.06. The molecule has 1 aromatic rings. The minimum Gasteiger partial charge on any atom is -0.475 e. The highest BCUT2D eigenvalue weighted by atomic mass is 19.4. The molecule has 1 amide bonds. The summed E-state index contributed by atoms with van der Waals surface area (Å²) < 4.78 is 37.3. The number of rotatable bonds is 2. The summed E-state index contributed by atoms with van der Waals surface area (Å²) in [6.45, 7) is 6.29. The van der Waals surface area contributed by atoms with Crippen molar-refractivity contribution in [3.63, 3.8) is 0 Å². The van der Waals surface area contributed by atoms with E-state index < -0.39 is 12.1 Å². The van der Waals surface area contributed by atoms with Gasteiger partial charge in [-0.25, -0.2) is 14.8 Å². The van der Waals surface area contributed by atoms with Gasteiger partial charge in [0.2, 0.25) is 0 Å². The van der Waals surface area contributed by atoms with Crippen molar-refractivity contribution in [2.75, 3.05) is 57.8 Å². The molecule has 1 atom stereocenters. The molecule has 0 aliphatic carbocycles. The van der Waals surface area contributed by atoms with Crippen molar-refractivity contribution >= 4 is 17.7 Å². The summed E-state index contributed by atoms with van der Waals surface area (Å²) in [6, 6.07) is 0. The predicted octanol–water partition coefficient (Wildman–Crippen LogP) is 0.968. The Kier molecular flexibility index (Phi) is 7.88. The van der Waals surface area contributed by atoms with Gasteiger partial charge in [-0.1, -0.05) is 0 Å². The minimum absolute atomic E-state index is 0.152. The van der Waals surface area contributed by atoms with Crippen molar-refractivity contribution in [3.05, 3.63) is 17.6 Å². The molecule has 0 aromatic carbocycles. The second kappa shape index (κ2) is 10.4. The number of fused-ring (bicyclic) bond motifs is 1. The van der Waals surface area contributed by atoms with E-state index in [4.69, 9.17) is 14.6 Å². The van der Waals surface area contributed by atoms with Gasteiger partial charge in [0.25, 0.3) is 5.91 Å². The van der Waals surface area contributed by atoms with Crippen LogP contribution in [0.1, 0.15) is 24.1 Å². The zero-order valence-electron chi connectivity index (χ0n) is 18.0. The lowest BCUT2D eigenvalue weighted by atomic mass is 10.1. The SMILES string of the molecule is CN1CCN(c2ncnc3c2CCN(C(=O)[C@H]2CCCO2)CC3)CC1.O=C(O)C(F)(F)F. The second-order valence-corrected chi connectivity index (χ2v) is 8.04. The van der Waals surface area contributed by atoms with Gasteiger partial charge in [0, 0.05) is 57.9 Å². The molecule has 0 saturated carbocycles. The fourth-order valence-electron chi connectivity index (χ4n) is 4.00. The predicted molar refractivity (Wildman–Crippen MR) is 108 cm³/mol. The van der Waals surface area contributed by atoms with E-state index in [0.29, 0.717) is 6.61 Å². The van der Waals surface area contributed by atoms with Crippen molar-refractivity contribution in [2.24, 2.45) is 0 Å². The Labute approximate surface area is 184 Å². The first-order valence-electron chi connectivity index (χ1n) is 10.6. The van der Waals surface area contributed by atoms with Crippen LogP contribution in [0.15, 0.2) is 6.33 Å². The molecule has 3 aliphatic heterocycles. The van der Waals surface area contributed by atoms with Crippen LogP contribution in [0, 0.1) is 0 Å². The maximum Gasteiger partial charge on any atom is 0.490 e. The van der Waals surface area contributed by atoms with E-state index in [-0.39, 0.29) is 12.0 Å². The number of anilines is 1. The molecule has 12 heteroatoms. The highest BCUT2D eigenvalue weighted by Crippen LogP contribution is 2.25. The third-order valence-corrected chi connectivity index (χ3v) is 5.82. The number of likely N-dealkylation sites (N-methyl/N-ethyl adjacent to an activating group) is 1. The first kappa shape index (κ1) is 24.2. The Hall–Kier alpha value is -2.47. The minimum atomic E-state index is -5.08. The van der Waals surface area contributed by atoms with E-state index in [0.717, 1.165) is 76.5 Å². The van der Waals surface area contributed by atoms with E-state index in [1.54, 1.807) is 6.33 Å². The van der Waals surface area contributed by atoms with Crippen LogP contribution in [0.25, 0.3) is 0 Å². The molecular weight excluding hydrogens is 431 g/mol. The van der Waals surface area contributed by atoms with Crippen LogP contribution >= 0.6 is 0 Å². The van der Waals surface area contributed by atoms with Gasteiger partial charge in [0.05, 0.1) is 5.69 Å². The molecule has 32 heavy (non-hydrogen) atoms. The zero-order valence-corrected chi connectivity index (χ0v) is 18.0. The van der Waals surface area contributed by atoms with Crippen molar-refractivity contribution in [3.8, 4) is 0 Å². The Morgan fingerprint density at radius 1 is 1.09 bits per heavy atom. The Morgan fingerprint density at radius 3 is 2.34 bits per heavy atom. The Morgan fingerprint density at radius 2 is 1.75 bits per heavy atom. The van der Waals surface area contributed by atoms with E-state index >= 15 is 0 Å². The molecule has 1 aromatic heterocycles. The van der Waals surface area contributed by atoms with Crippen LogP contribution < -0.4 is 4.90 Å². The molecule has 4 heterocycles. The zero-order chi connectivity index (χ0) is 23.3. The standard InChI is InChI=1S/C18H27N5O2.C2HF3O2/c1-21-8-10-22(11-9-21)17-14-4-6-23(7-5-15(14)19-13-20-17)18(24)16-3-2-12-25-16;3-2(4,5)1(6)7/h13,16H,2-12H2,1H3;(H,6,7)/t16-;/m1./s1. The number of carbonyl (C=O) groups excluding carboxylic acids is 1. The quantitative estimate of drug-likeness (QED) is 0.699. The van der Waals surface area contributed by atoms with Crippen LogP contribution in [0.5, 0.6) is 0 Å². The molecular formula is C20H28F3N5O4. The number of aromatic nitrogens is 2. The molecule has 1 N–H and O–H groups in total. The third-order valence-electron chi connectivity index (χ3n) is 5.82. The van der Waals surface area contributed by atoms with Crippen LogP contribution in [0.4, 0.5) is 19.0 Å². The van der Waals surface area contributed by atoms with Crippen LogP contribution in [0.3, 0.4) is 0 Å². The summed E-state index contributed by atoms with van der Waals surface area (Å²) in [5.41, 5.74) is 2.33. The van der Waals surface area contributed by atoms with Gasteiger partial charge >= 0.3 is 12.1 Å². The summed E-state index contributed by atoms with van der Waals surface area (Å²) in [6.07, 6.45) is -0.153. The number of aliphatic carboxylic acids is 1. The summed E-state index contributed by atoms with van der Waals surface area (Å²) in [4.78, 5) is 37.4. The summed E-state index contributed by atoms with van der Waals surface area (Å²) in [7, 11) is 2.16. The molecule has 3 aliphatic rings. The highest BCUT2D eigenvalue weighted by Gasteiger charge is 2.38. The number of carboxylic acid groups (broad SMARTS) is 1. The number of carbonyl (C=O) groups is 2. The number of nitrogens with zero attached hydrogens (tertiary/aromatic N) is 5. The monoisotopic (exact) mass is 459 g/mol. The molecule has 2 saturated heterocycles. The van der Waals surface area contributed by atoms with Crippen molar-refractivity contribution in [2.45, 2.75) is 38.0 Å². The van der Waals surface area contributed by atoms with Gasteiger partial charge in [-0.15, -0.1) is 0 Å². The number of halogens is 3. The van der Waals surface area contributed by atoms with Gasteiger partial charge in [-0.3, -0.25) is 4.79 Å². The van der Waals surface area contributed by atoms with Crippen molar-refractivity contribution in [1.82, 2.24) is 19.8 Å². The summed E-state index contributed by atoms with van der Waals surface area (Å²) in [5.74, 6) is -1.53. The molecule has 0 radical (unpaired) electrons. The molecule has 0 spiro atoms. The number of piperazine rings is 1. The Balaban J connectivity index is 0.000000360. The number of hydrogen-bond donors (Lipinski definition) is 1. The van der Waals surface area contributed by atoms with Crippen molar-refractivity contribution < 1.29 is 32.6 Å². The molecule has 178 valence electrons. The first-order chi connectivity index (χ1) is 15.2. The molecule has 4 rings (SSSR count). The number of alkyl halides is 3. The highest BCUT2D eigenvalue weighted by molar-refractivity contribution is 5.81. The van der Waals surface area contributed by atoms with Gasteiger partial charge in [0.1, 0.15) is 18.2 Å². The summed E-state index contributed by atoms with van der Waals surface area (Å²) >= 11 is 0. The fraction of sp³-hybridized carbons (Fsp3) is 0.700. The molecule has 9 nitrogen and oxygen atoms in total. The van der Waals surface area contributed by atoms with Crippen LogP contribution in [-0.4, -0.2) is 102 Å². The molecule has 2 fully saturated rings. The number of hydrogen-bond acceptors (Lipinski definition) is 7. The number of amides is 1. The second-order valence-electron chi connectivity index (χ2n) is 8.04. The first-order valence-corrected chi connectivity index (χ1v) is 10.6. The van der Waals surface area contributed by atoms with Gasteiger partial charge < -0.3 is 24.5 Å². The smallest absolute Gasteiger partial charge is 0.475 e. The lowest BCUT2D eigenvalue weighted by molar-refractivity contribution is -0.192. The van der Waals surface area contributed by atoms with E-state index in [2.05, 4.69) is 26.8 Å². The normalized spacial score (nSPS) is 21.9. The van der Waals surface area contributed by atoms with Crippen molar-refractivity contribution in [1.29, 1.82) is 0 Å². The van der Waals surface area contributed by atoms with E-state index in [1.807, 2.05) is 4.90 Å². The van der Waals surface area contributed by atoms with Crippen LogP contribution in [-0.2, 0) is 27.2 Å². The maximum absolute atomic E-state index is 12.7. The Bertz CT molecular complexity index is 809. The van der Waals surface area contributed by atoms with Crippen LogP contribution in [0.2, 0.25) is 0 Å². The van der Waals surface area contributed by atoms with Gasteiger partial charge in [0.15, 0.2) is 0 Å². The lowest BCUT2D eigenvalue weighted by Crippen LogP contribution is -2.45. The largest absolute Gasteiger partial charge is 0.490 e.